The molecule has 1 heterocycles. The maximum atomic E-state index is 12.6. The van der Waals surface area contributed by atoms with Crippen molar-refractivity contribution in [1.29, 1.82) is 0 Å². The number of alkyl halides is 3. The van der Waals surface area contributed by atoms with E-state index >= 15 is 0 Å². The number of nitrogens with one attached hydrogen (secondary N) is 2. The maximum absolute atomic E-state index is 12.6. The number of benzene rings is 1. The van der Waals surface area contributed by atoms with Crippen LogP contribution < -0.4 is 10.6 Å². The minimum Gasteiger partial charge on any atom is -0.324 e. The van der Waals surface area contributed by atoms with Crippen molar-refractivity contribution >= 4 is 48.0 Å². The van der Waals surface area contributed by atoms with Crippen LogP contribution in [-0.4, -0.2) is 43.5 Å². The molecular weight excluding hydrogens is 378 g/mol. The number of nitrogens with zero attached hydrogens (tertiary/aromatic N) is 1. The fourth-order valence-corrected chi connectivity index (χ4v) is 2.22. The van der Waals surface area contributed by atoms with Crippen LogP contribution in [-0.2, 0) is 11.0 Å². The third-order valence-electron chi connectivity index (χ3n) is 3.14. The third kappa shape index (κ3) is 6.73. The molecule has 1 fully saturated rings. The van der Waals surface area contributed by atoms with Gasteiger partial charge in [0, 0.05) is 26.2 Å². The summed E-state index contributed by atoms with van der Waals surface area (Å²) in [6.45, 7) is 3.16. The summed E-state index contributed by atoms with van der Waals surface area (Å²) < 4.78 is 37.9. The van der Waals surface area contributed by atoms with E-state index in [1.165, 1.54) is 0 Å². The van der Waals surface area contributed by atoms with Crippen LogP contribution in [0.4, 0.5) is 18.9 Å². The fraction of sp³-hybridized carbons (Fsp3) is 0.462. The van der Waals surface area contributed by atoms with Crippen LogP contribution in [0.15, 0.2) is 18.2 Å². The summed E-state index contributed by atoms with van der Waals surface area (Å²) in [5.74, 6) is -0.377. The molecule has 1 saturated heterocycles. The molecule has 2 rings (SSSR count). The number of rotatable bonds is 3. The second-order valence-electron chi connectivity index (χ2n) is 4.77. The normalized spacial score (nSPS) is 15.3. The van der Waals surface area contributed by atoms with Crippen LogP contribution in [0.2, 0.25) is 5.02 Å². The predicted molar refractivity (Wildman–Crippen MR) is 88.9 cm³/mol. The van der Waals surface area contributed by atoms with E-state index in [0.29, 0.717) is 0 Å². The Bertz CT molecular complexity index is 523. The number of amides is 1. The summed E-state index contributed by atoms with van der Waals surface area (Å²) in [7, 11) is 0. The SMILES string of the molecule is Cl.Cl.O=C(CN1CCNCC1)Nc1cc(C(F)(F)F)ccc1Cl. The van der Waals surface area contributed by atoms with E-state index in [2.05, 4.69) is 10.6 Å². The molecule has 1 aliphatic rings. The lowest BCUT2D eigenvalue weighted by molar-refractivity contribution is -0.137. The highest BCUT2D eigenvalue weighted by atomic mass is 35.5. The zero-order valence-corrected chi connectivity index (χ0v) is 14.3. The van der Waals surface area contributed by atoms with Gasteiger partial charge in [0.15, 0.2) is 0 Å². The predicted octanol–water partition coefficient (Wildman–Crippen LogP) is 3.05. The Morgan fingerprint density at radius 2 is 1.87 bits per heavy atom. The van der Waals surface area contributed by atoms with Crippen LogP contribution in [0, 0.1) is 0 Å². The van der Waals surface area contributed by atoms with E-state index in [4.69, 9.17) is 11.6 Å². The average molecular weight is 395 g/mol. The minimum atomic E-state index is -4.47. The molecule has 0 aliphatic carbocycles. The molecule has 10 heteroatoms. The lowest BCUT2D eigenvalue weighted by atomic mass is 10.2. The van der Waals surface area contributed by atoms with Gasteiger partial charge < -0.3 is 10.6 Å². The third-order valence-corrected chi connectivity index (χ3v) is 3.47. The van der Waals surface area contributed by atoms with E-state index in [9.17, 15) is 18.0 Å². The van der Waals surface area contributed by atoms with E-state index in [-0.39, 0.29) is 48.0 Å². The molecule has 23 heavy (non-hydrogen) atoms. The Morgan fingerprint density at radius 1 is 1.26 bits per heavy atom. The quantitative estimate of drug-likeness (QED) is 0.828. The molecule has 4 nitrogen and oxygen atoms in total. The molecule has 0 bridgehead atoms. The Kier molecular flexibility index (Phi) is 9.24. The number of piperazine rings is 1. The number of anilines is 1. The van der Waals surface area contributed by atoms with Gasteiger partial charge in [0.05, 0.1) is 22.8 Å². The van der Waals surface area contributed by atoms with Gasteiger partial charge in [-0.3, -0.25) is 9.69 Å². The van der Waals surface area contributed by atoms with Gasteiger partial charge in [-0.1, -0.05) is 11.6 Å². The van der Waals surface area contributed by atoms with Gasteiger partial charge in [-0.2, -0.15) is 13.2 Å². The lowest BCUT2D eigenvalue weighted by Gasteiger charge is -2.26. The Labute approximate surface area is 149 Å². The Balaban J connectivity index is 0.00000242. The first-order chi connectivity index (χ1) is 9.86. The van der Waals surface area contributed by atoms with Crippen LogP contribution >= 0.6 is 36.4 Å². The molecule has 1 amide bonds. The largest absolute Gasteiger partial charge is 0.416 e. The molecule has 0 unspecified atom stereocenters. The second kappa shape index (κ2) is 9.54. The van der Waals surface area contributed by atoms with Crippen molar-refractivity contribution in [2.45, 2.75) is 6.18 Å². The van der Waals surface area contributed by atoms with Crippen molar-refractivity contribution in [1.82, 2.24) is 10.2 Å². The summed E-state index contributed by atoms with van der Waals surface area (Å²) in [6, 6.07) is 2.86. The topological polar surface area (TPSA) is 44.4 Å². The van der Waals surface area contributed by atoms with E-state index in [1.54, 1.807) is 0 Å². The average Bonchev–Trinajstić information content (AvgIpc) is 2.41. The van der Waals surface area contributed by atoms with Crippen molar-refractivity contribution in [3.63, 3.8) is 0 Å². The highest BCUT2D eigenvalue weighted by Crippen LogP contribution is 2.33. The first-order valence-electron chi connectivity index (χ1n) is 6.46. The first-order valence-corrected chi connectivity index (χ1v) is 6.84. The summed E-state index contributed by atoms with van der Waals surface area (Å²) >= 11 is 5.83. The lowest BCUT2D eigenvalue weighted by Crippen LogP contribution is -2.46. The number of carbonyl (C=O) groups is 1. The van der Waals surface area contributed by atoms with Crippen molar-refractivity contribution in [2.24, 2.45) is 0 Å². The Hall–Kier alpha value is -0.730. The summed E-state index contributed by atoms with van der Waals surface area (Å²) in [4.78, 5) is 13.8. The van der Waals surface area contributed by atoms with Crippen molar-refractivity contribution in [3.05, 3.63) is 28.8 Å². The number of halogens is 6. The van der Waals surface area contributed by atoms with Gasteiger partial charge in [0.1, 0.15) is 0 Å². The molecule has 0 spiro atoms. The summed E-state index contributed by atoms with van der Waals surface area (Å²) in [5, 5.41) is 5.67. The van der Waals surface area contributed by atoms with Crippen LogP contribution in [0.3, 0.4) is 0 Å². The second-order valence-corrected chi connectivity index (χ2v) is 5.17. The zero-order valence-electron chi connectivity index (χ0n) is 12.0. The van der Waals surface area contributed by atoms with Crippen LogP contribution in [0.1, 0.15) is 5.56 Å². The molecule has 1 aromatic carbocycles. The molecule has 1 aliphatic heterocycles. The van der Waals surface area contributed by atoms with E-state index in [1.807, 2.05) is 4.90 Å². The molecule has 0 radical (unpaired) electrons. The molecule has 132 valence electrons. The highest BCUT2D eigenvalue weighted by molar-refractivity contribution is 6.33. The van der Waals surface area contributed by atoms with Crippen molar-refractivity contribution in [2.75, 3.05) is 38.0 Å². The fourth-order valence-electron chi connectivity index (χ4n) is 2.06. The van der Waals surface area contributed by atoms with Crippen molar-refractivity contribution < 1.29 is 18.0 Å². The Morgan fingerprint density at radius 3 is 2.43 bits per heavy atom. The van der Waals surface area contributed by atoms with Crippen LogP contribution in [0.25, 0.3) is 0 Å². The molecule has 0 aromatic heterocycles. The molecule has 0 saturated carbocycles. The van der Waals surface area contributed by atoms with Gasteiger partial charge in [0.2, 0.25) is 5.91 Å². The van der Waals surface area contributed by atoms with Gasteiger partial charge in [-0.15, -0.1) is 24.8 Å². The highest BCUT2D eigenvalue weighted by Gasteiger charge is 2.31. The monoisotopic (exact) mass is 393 g/mol. The standard InChI is InChI=1S/C13H15ClF3N3O.2ClH/c14-10-2-1-9(13(15,16)17)7-11(10)19-12(21)8-20-5-3-18-4-6-20;;/h1-2,7,18H,3-6,8H2,(H,19,21);2*1H. The van der Waals surface area contributed by atoms with Gasteiger partial charge >= 0.3 is 6.18 Å². The summed E-state index contributed by atoms with van der Waals surface area (Å²) in [5.41, 5.74) is -0.865. The van der Waals surface area contributed by atoms with E-state index in [0.717, 1.165) is 44.4 Å². The maximum Gasteiger partial charge on any atom is 0.416 e. The molecular formula is C13H17Cl3F3N3O. The molecule has 1 aromatic rings. The number of carbonyl (C=O) groups excluding carboxylic acids is 1. The number of hydrogen-bond acceptors (Lipinski definition) is 3. The molecule has 0 atom stereocenters. The zero-order chi connectivity index (χ0) is 15.5. The van der Waals surface area contributed by atoms with Gasteiger partial charge in [-0.05, 0) is 18.2 Å². The van der Waals surface area contributed by atoms with Gasteiger partial charge in [-0.25, -0.2) is 0 Å². The summed E-state index contributed by atoms with van der Waals surface area (Å²) in [6.07, 6.45) is -4.47. The first kappa shape index (κ1) is 22.3. The molecule has 2 N–H and O–H groups in total. The smallest absolute Gasteiger partial charge is 0.324 e. The minimum absolute atomic E-state index is 0. The number of hydrogen-bond donors (Lipinski definition) is 2. The van der Waals surface area contributed by atoms with Gasteiger partial charge in [0.25, 0.3) is 0 Å². The van der Waals surface area contributed by atoms with Crippen LogP contribution in [0.5, 0.6) is 0 Å². The van der Waals surface area contributed by atoms with E-state index < -0.39 is 11.7 Å². The van der Waals surface area contributed by atoms with Crippen molar-refractivity contribution in [3.8, 4) is 0 Å².